The number of carbonyl (C=O) groups is 2. The van der Waals surface area contributed by atoms with Crippen LogP contribution in [0.1, 0.15) is 65.7 Å². The van der Waals surface area contributed by atoms with Crippen molar-refractivity contribution in [1.29, 1.82) is 0 Å². The number of nitrogens with zero attached hydrogens (tertiary/aromatic N) is 1. The molecule has 0 aliphatic carbocycles. The summed E-state index contributed by atoms with van der Waals surface area (Å²) in [4.78, 5) is 28.5. The lowest BCUT2D eigenvalue weighted by Crippen LogP contribution is -2.35. The first-order chi connectivity index (χ1) is 9.87. The number of carboxylic acid groups (broad SMARTS) is 1. The van der Waals surface area contributed by atoms with E-state index < -0.39 is 5.97 Å². The smallest absolute Gasteiger partial charge is 0.352 e. The van der Waals surface area contributed by atoms with Crippen molar-refractivity contribution < 1.29 is 14.7 Å². The SMILES string of the molecule is CCC(CC)CN(CC)C(=O)c1c(C)[nH]c(C(=O)O)c1C. The Labute approximate surface area is 126 Å². The van der Waals surface area contributed by atoms with Gasteiger partial charge in [-0.3, -0.25) is 4.79 Å². The summed E-state index contributed by atoms with van der Waals surface area (Å²) in [7, 11) is 0. The Morgan fingerprint density at radius 1 is 1.19 bits per heavy atom. The average molecular weight is 294 g/mol. The van der Waals surface area contributed by atoms with Crippen LogP contribution >= 0.6 is 0 Å². The van der Waals surface area contributed by atoms with E-state index in [4.69, 9.17) is 5.11 Å². The summed E-state index contributed by atoms with van der Waals surface area (Å²) in [5.74, 6) is -0.631. The molecule has 2 N–H and O–H groups in total. The molecule has 0 saturated heterocycles. The van der Waals surface area contributed by atoms with Gasteiger partial charge in [-0.15, -0.1) is 0 Å². The lowest BCUT2D eigenvalue weighted by molar-refractivity contribution is 0.0690. The number of carboxylic acids is 1. The Morgan fingerprint density at radius 3 is 2.14 bits per heavy atom. The Balaban J connectivity index is 3.08. The highest BCUT2D eigenvalue weighted by Crippen LogP contribution is 2.21. The Kier molecular flexibility index (Phi) is 6.00. The van der Waals surface area contributed by atoms with Crippen LogP contribution in [-0.2, 0) is 0 Å². The first-order valence-corrected chi connectivity index (χ1v) is 7.58. The molecule has 0 fully saturated rings. The van der Waals surface area contributed by atoms with Gasteiger partial charge < -0.3 is 15.0 Å². The number of aryl methyl sites for hydroxylation is 1. The van der Waals surface area contributed by atoms with Crippen LogP contribution in [0.25, 0.3) is 0 Å². The molecule has 1 aromatic heterocycles. The third kappa shape index (κ3) is 3.65. The minimum atomic E-state index is -1.03. The number of hydrogen-bond donors (Lipinski definition) is 2. The largest absolute Gasteiger partial charge is 0.477 e. The van der Waals surface area contributed by atoms with Crippen molar-refractivity contribution in [3.63, 3.8) is 0 Å². The van der Waals surface area contributed by atoms with Gasteiger partial charge in [0.2, 0.25) is 0 Å². The molecule has 1 rings (SSSR count). The molecular weight excluding hydrogens is 268 g/mol. The van der Waals surface area contributed by atoms with Crippen molar-refractivity contribution in [3.8, 4) is 0 Å². The first-order valence-electron chi connectivity index (χ1n) is 7.58. The predicted molar refractivity (Wildman–Crippen MR) is 82.9 cm³/mol. The molecule has 118 valence electrons. The maximum absolute atomic E-state index is 12.7. The Morgan fingerprint density at radius 2 is 1.76 bits per heavy atom. The normalized spacial score (nSPS) is 11.0. The molecule has 0 unspecified atom stereocenters. The number of aromatic carboxylic acids is 1. The lowest BCUT2D eigenvalue weighted by Gasteiger charge is -2.25. The van der Waals surface area contributed by atoms with Crippen molar-refractivity contribution >= 4 is 11.9 Å². The van der Waals surface area contributed by atoms with E-state index in [0.29, 0.717) is 29.3 Å². The van der Waals surface area contributed by atoms with Crippen molar-refractivity contribution in [2.75, 3.05) is 13.1 Å². The van der Waals surface area contributed by atoms with Gasteiger partial charge in [0.1, 0.15) is 5.69 Å². The minimum Gasteiger partial charge on any atom is -0.477 e. The quantitative estimate of drug-likeness (QED) is 0.811. The molecule has 0 aliphatic heterocycles. The number of amides is 1. The molecule has 0 spiro atoms. The highest BCUT2D eigenvalue weighted by Gasteiger charge is 2.25. The van der Waals surface area contributed by atoms with Gasteiger partial charge in [-0.25, -0.2) is 4.79 Å². The third-order valence-electron chi connectivity index (χ3n) is 4.17. The average Bonchev–Trinajstić information content (AvgIpc) is 2.75. The van der Waals surface area contributed by atoms with Crippen molar-refractivity contribution in [2.45, 2.75) is 47.5 Å². The number of hydrogen-bond acceptors (Lipinski definition) is 2. The fraction of sp³-hybridized carbons (Fsp3) is 0.625. The Hall–Kier alpha value is -1.78. The van der Waals surface area contributed by atoms with Crippen LogP contribution in [0, 0.1) is 19.8 Å². The van der Waals surface area contributed by atoms with Crippen LogP contribution in [0.4, 0.5) is 0 Å². The highest BCUT2D eigenvalue weighted by atomic mass is 16.4. The van der Waals surface area contributed by atoms with E-state index in [1.54, 1.807) is 13.8 Å². The van der Waals surface area contributed by atoms with Crippen LogP contribution < -0.4 is 0 Å². The van der Waals surface area contributed by atoms with Crippen molar-refractivity contribution in [2.24, 2.45) is 5.92 Å². The molecule has 21 heavy (non-hydrogen) atoms. The van der Waals surface area contributed by atoms with Gasteiger partial charge in [0.25, 0.3) is 5.91 Å². The predicted octanol–water partition coefficient (Wildman–Crippen LogP) is 3.23. The van der Waals surface area contributed by atoms with Gasteiger partial charge in [-0.2, -0.15) is 0 Å². The fourth-order valence-corrected chi connectivity index (χ4v) is 2.66. The number of nitrogens with one attached hydrogen (secondary N) is 1. The van der Waals surface area contributed by atoms with E-state index in [-0.39, 0.29) is 11.6 Å². The fourth-order valence-electron chi connectivity index (χ4n) is 2.66. The number of aromatic nitrogens is 1. The summed E-state index contributed by atoms with van der Waals surface area (Å²) in [5.41, 5.74) is 1.75. The van der Waals surface area contributed by atoms with Crippen LogP contribution in [0.15, 0.2) is 0 Å². The summed E-state index contributed by atoms with van der Waals surface area (Å²) in [5, 5.41) is 9.15. The molecule has 1 aromatic rings. The maximum atomic E-state index is 12.7. The van der Waals surface area contributed by atoms with E-state index in [0.717, 1.165) is 19.4 Å². The Bertz CT molecular complexity index is 516. The van der Waals surface area contributed by atoms with Crippen LogP contribution in [0.2, 0.25) is 0 Å². The zero-order valence-electron chi connectivity index (χ0n) is 13.6. The monoisotopic (exact) mass is 294 g/mol. The molecule has 0 aromatic carbocycles. The molecule has 0 radical (unpaired) electrons. The second kappa shape index (κ2) is 7.29. The molecule has 1 heterocycles. The van der Waals surface area contributed by atoms with E-state index in [1.807, 2.05) is 11.8 Å². The van der Waals surface area contributed by atoms with Crippen LogP contribution in [-0.4, -0.2) is 40.0 Å². The molecule has 1 amide bonds. The van der Waals surface area contributed by atoms with Gasteiger partial charge in [0.05, 0.1) is 5.56 Å². The van der Waals surface area contributed by atoms with Crippen LogP contribution in [0.3, 0.4) is 0 Å². The molecule has 0 bridgehead atoms. The van der Waals surface area contributed by atoms with Crippen molar-refractivity contribution in [3.05, 3.63) is 22.5 Å². The molecule has 0 atom stereocenters. The number of aromatic amines is 1. The van der Waals surface area contributed by atoms with E-state index in [9.17, 15) is 9.59 Å². The highest BCUT2D eigenvalue weighted by molar-refractivity contribution is 6.00. The van der Waals surface area contributed by atoms with Gasteiger partial charge >= 0.3 is 5.97 Å². The maximum Gasteiger partial charge on any atom is 0.352 e. The number of carbonyl (C=O) groups excluding carboxylic acids is 1. The minimum absolute atomic E-state index is 0.0804. The molecule has 0 aliphatic rings. The molecule has 5 heteroatoms. The van der Waals surface area contributed by atoms with Gasteiger partial charge in [0, 0.05) is 18.8 Å². The summed E-state index contributed by atoms with van der Waals surface area (Å²) >= 11 is 0. The van der Waals surface area contributed by atoms with E-state index >= 15 is 0 Å². The molecule has 5 nitrogen and oxygen atoms in total. The van der Waals surface area contributed by atoms with E-state index in [2.05, 4.69) is 18.8 Å². The zero-order chi connectivity index (χ0) is 16.2. The molecular formula is C16H26N2O3. The third-order valence-corrected chi connectivity index (χ3v) is 4.17. The molecule has 0 saturated carbocycles. The lowest BCUT2D eigenvalue weighted by atomic mass is 10.0. The number of rotatable bonds is 7. The number of H-pyrrole nitrogens is 1. The van der Waals surface area contributed by atoms with Gasteiger partial charge in [-0.05, 0) is 32.3 Å². The zero-order valence-corrected chi connectivity index (χ0v) is 13.6. The van der Waals surface area contributed by atoms with Crippen molar-refractivity contribution in [1.82, 2.24) is 9.88 Å². The summed E-state index contributed by atoms with van der Waals surface area (Å²) in [6, 6.07) is 0. The van der Waals surface area contributed by atoms with E-state index in [1.165, 1.54) is 0 Å². The summed E-state index contributed by atoms with van der Waals surface area (Å²) in [6.45, 7) is 11.0. The van der Waals surface area contributed by atoms with Gasteiger partial charge in [0.15, 0.2) is 0 Å². The van der Waals surface area contributed by atoms with Crippen LogP contribution in [0.5, 0.6) is 0 Å². The summed E-state index contributed by atoms with van der Waals surface area (Å²) < 4.78 is 0. The topological polar surface area (TPSA) is 73.4 Å². The second-order valence-corrected chi connectivity index (χ2v) is 5.46. The standard InChI is InChI=1S/C16H26N2O3/c1-6-12(7-2)9-18(8-3)15(19)13-10(4)14(16(20)21)17-11(13)5/h12,17H,6-9H2,1-5H3,(H,20,21). The van der Waals surface area contributed by atoms with Gasteiger partial charge in [-0.1, -0.05) is 26.7 Å². The first kappa shape index (κ1) is 17.3. The second-order valence-electron chi connectivity index (χ2n) is 5.46. The summed E-state index contributed by atoms with van der Waals surface area (Å²) in [6.07, 6.45) is 2.07.